The number of aliphatic hydroxyl groups is 1. The van der Waals surface area contributed by atoms with Gasteiger partial charge in [0.2, 0.25) is 5.56 Å². The number of rotatable bonds is 11. The van der Waals surface area contributed by atoms with E-state index in [1.54, 1.807) is 12.1 Å². The van der Waals surface area contributed by atoms with Gasteiger partial charge in [0.1, 0.15) is 5.75 Å². The number of H-pyrrole nitrogens is 1. The molecule has 1 aliphatic rings. The molecule has 0 amide bonds. The van der Waals surface area contributed by atoms with Gasteiger partial charge in [-0.05, 0) is 75.5 Å². The molecule has 1 unspecified atom stereocenters. The Hall–Kier alpha value is -2.71. The van der Waals surface area contributed by atoms with Crippen LogP contribution in [0, 0.1) is 5.92 Å². The lowest BCUT2D eigenvalue weighted by Gasteiger charge is -2.33. The molecule has 194 valence electrons. The van der Waals surface area contributed by atoms with Gasteiger partial charge in [0.25, 0.3) is 0 Å². The highest BCUT2D eigenvalue weighted by molar-refractivity contribution is 5.87. The number of aromatic hydroxyl groups is 1. The standard InChI is InChI=1S/C29H39N3O4/c1-29(2,18-21-6-4-3-5-7-21)36-17-16-32-14-12-22(13-15-32)19-30-20-26(34)23-8-10-25(33)28-24(23)9-11-27(35)31-28/h3-11,22,26,30,33-34H,12-20H2,1-2H3,(H,31,35). The van der Waals surface area contributed by atoms with Crippen molar-refractivity contribution < 1.29 is 14.9 Å². The number of nitrogens with one attached hydrogen (secondary N) is 2. The zero-order valence-corrected chi connectivity index (χ0v) is 21.4. The maximum Gasteiger partial charge on any atom is 0.248 e. The van der Waals surface area contributed by atoms with Crippen LogP contribution in [-0.4, -0.2) is 65.0 Å². The maximum absolute atomic E-state index is 11.6. The Morgan fingerprint density at radius 1 is 1.11 bits per heavy atom. The first-order valence-electron chi connectivity index (χ1n) is 12.9. The molecule has 36 heavy (non-hydrogen) atoms. The Morgan fingerprint density at radius 2 is 1.86 bits per heavy atom. The predicted molar refractivity (Wildman–Crippen MR) is 143 cm³/mol. The number of hydrogen-bond acceptors (Lipinski definition) is 6. The quantitative estimate of drug-likeness (QED) is 0.326. The molecule has 1 atom stereocenters. The zero-order valence-electron chi connectivity index (χ0n) is 21.4. The molecule has 2 aromatic carbocycles. The number of pyridine rings is 1. The summed E-state index contributed by atoms with van der Waals surface area (Å²) in [6.45, 7) is 9.41. The number of aliphatic hydroxyl groups excluding tert-OH is 1. The van der Waals surface area contributed by atoms with Crippen LogP contribution in [0.25, 0.3) is 10.9 Å². The molecule has 0 spiro atoms. The third-order valence-electron chi connectivity index (χ3n) is 7.12. The van der Waals surface area contributed by atoms with Crippen molar-refractivity contribution in [3.05, 3.63) is 76.1 Å². The van der Waals surface area contributed by atoms with Crippen LogP contribution in [0.2, 0.25) is 0 Å². The van der Waals surface area contributed by atoms with Crippen molar-refractivity contribution >= 4 is 10.9 Å². The van der Waals surface area contributed by atoms with Crippen molar-refractivity contribution in [1.82, 2.24) is 15.2 Å². The van der Waals surface area contributed by atoms with Crippen LogP contribution in [0.15, 0.2) is 59.4 Å². The average Bonchev–Trinajstić information content (AvgIpc) is 2.85. The first-order chi connectivity index (χ1) is 17.3. The smallest absolute Gasteiger partial charge is 0.248 e. The lowest BCUT2D eigenvalue weighted by atomic mass is 9.96. The monoisotopic (exact) mass is 493 g/mol. The molecule has 2 heterocycles. The molecule has 0 saturated carbocycles. The van der Waals surface area contributed by atoms with Gasteiger partial charge in [-0.15, -0.1) is 0 Å². The largest absolute Gasteiger partial charge is 0.506 e. The molecule has 1 aliphatic heterocycles. The Morgan fingerprint density at radius 3 is 2.61 bits per heavy atom. The topological polar surface area (TPSA) is 97.8 Å². The molecule has 7 nitrogen and oxygen atoms in total. The van der Waals surface area contributed by atoms with Gasteiger partial charge < -0.3 is 30.2 Å². The van der Waals surface area contributed by atoms with Crippen molar-refractivity contribution in [1.29, 1.82) is 0 Å². The zero-order chi connectivity index (χ0) is 25.5. The molecule has 0 radical (unpaired) electrons. The average molecular weight is 494 g/mol. The van der Waals surface area contributed by atoms with Gasteiger partial charge in [0.15, 0.2) is 0 Å². The number of likely N-dealkylation sites (tertiary alicyclic amines) is 1. The van der Waals surface area contributed by atoms with Crippen LogP contribution in [0.3, 0.4) is 0 Å². The number of fused-ring (bicyclic) bond motifs is 1. The number of benzene rings is 2. The van der Waals surface area contributed by atoms with E-state index in [9.17, 15) is 15.0 Å². The van der Waals surface area contributed by atoms with Crippen LogP contribution in [-0.2, 0) is 11.2 Å². The SMILES string of the molecule is CC(C)(Cc1ccccc1)OCCN1CCC(CNCC(O)c2ccc(O)c3[nH]c(=O)ccc23)CC1. The second kappa shape index (κ2) is 12.0. The van der Waals surface area contributed by atoms with E-state index in [0.29, 0.717) is 28.9 Å². The molecule has 1 aromatic heterocycles. The number of aromatic nitrogens is 1. The number of hydrogen-bond donors (Lipinski definition) is 4. The van der Waals surface area contributed by atoms with Crippen LogP contribution >= 0.6 is 0 Å². The Balaban J connectivity index is 1.16. The highest BCUT2D eigenvalue weighted by Crippen LogP contribution is 2.28. The van der Waals surface area contributed by atoms with Gasteiger partial charge >= 0.3 is 0 Å². The van der Waals surface area contributed by atoms with Crippen molar-refractivity contribution in [3.63, 3.8) is 0 Å². The van der Waals surface area contributed by atoms with E-state index in [1.165, 1.54) is 17.7 Å². The van der Waals surface area contributed by atoms with E-state index in [-0.39, 0.29) is 16.9 Å². The van der Waals surface area contributed by atoms with Crippen LogP contribution in [0.5, 0.6) is 5.75 Å². The minimum atomic E-state index is -0.726. The van der Waals surface area contributed by atoms with E-state index in [1.807, 2.05) is 6.07 Å². The summed E-state index contributed by atoms with van der Waals surface area (Å²) >= 11 is 0. The lowest BCUT2D eigenvalue weighted by Crippen LogP contribution is -2.40. The minimum Gasteiger partial charge on any atom is -0.506 e. The van der Waals surface area contributed by atoms with Gasteiger partial charge in [-0.2, -0.15) is 0 Å². The highest BCUT2D eigenvalue weighted by Gasteiger charge is 2.22. The molecular weight excluding hydrogens is 454 g/mol. The van der Waals surface area contributed by atoms with E-state index < -0.39 is 6.10 Å². The summed E-state index contributed by atoms with van der Waals surface area (Å²) in [5.41, 5.74) is 1.89. The molecule has 1 saturated heterocycles. The van der Waals surface area contributed by atoms with Crippen LogP contribution < -0.4 is 10.9 Å². The molecule has 0 bridgehead atoms. The number of piperidine rings is 1. The van der Waals surface area contributed by atoms with Crippen molar-refractivity contribution in [2.24, 2.45) is 5.92 Å². The number of nitrogens with zero attached hydrogens (tertiary/aromatic N) is 1. The van der Waals surface area contributed by atoms with Crippen LogP contribution in [0.4, 0.5) is 0 Å². The predicted octanol–water partition coefficient (Wildman–Crippen LogP) is 3.61. The fourth-order valence-corrected chi connectivity index (χ4v) is 5.09. The van der Waals surface area contributed by atoms with E-state index >= 15 is 0 Å². The third-order valence-corrected chi connectivity index (χ3v) is 7.12. The lowest BCUT2D eigenvalue weighted by molar-refractivity contribution is -0.0286. The third kappa shape index (κ3) is 7.17. The van der Waals surface area contributed by atoms with Gasteiger partial charge in [0, 0.05) is 31.0 Å². The fourth-order valence-electron chi connectivity index (χ4n) is 5.09. The van der Waals surface area contributed by atoms with E-state index in [4.69, 9.17) is 4.74 Å². The molecule has 3 aromatic rings. The maximum atomic E-state index is 11.6. The number of ether oxygens (including phenoxy) is 1. The molecule has 4 rings (SSSR count). The summed E-state index contributed by atoms with van der Waals surface area (Å²) in [6.07, 6.45) is 2.43. The number of phenolic OH excluding ortho intramolecular Hbond substituents is 1. The Labute approximate surface area is 213 Å². The highest BCUT2D eigenvalue weighted by atomic mass is 16.5. The molecular formula is C29H39N3O4. The van der Waals surface area contributed by atoms with Gasteiger partial charge in [-0.25, -0.2) is 0 Å². The fraction of sp³-hybridized carbons (Fsp3) is 0.483. The summed E-state index contributed by atoms with van der Waals surface area (Å²) in [6, 6.07) is 16.8. The Kier molecular flexibility index (Phi) is 8.80. The summed E-state index contributed by atoms with van der Waals surface area (Å²) in [5, 5.41) is 24.9. The molecule has 1 fully saturated rings. The molecule has 4 N–H and O–H groups in total. The normalized spacial score (nSPS) is 16.4. The first kappa shape index (κ1) is 26.4. The van der Waals surface area contributed by atoms with Gasteiger partial charge in [-0.3, -0.25) is 4.79 Å². The summed E-state index contributed by atoms with van der Waals surface area (Å²) in [7, 11) is 0. The second-order valence-electron chi connectivity index (χ2n) is 10.5. The van der Waals surface area contributed by atoms with Crippen molar-refractivity contribution in [2.45, 2.75) is 44.8 Å². The van der Waals surface area contributed by atoms with Crippen LogP contribution in [0.1, 0.15) is 43.9 Å². The number of phenols is 1. The van der Waals surface area contributed by atoms with Crippen molar-refractivity contribution in [2.75, 3.05) is 39.3 Å². The van der Waals surface area contributed by atoms with Gasteiger partial charge in [-0.1, -0.05) is 36.4 Å². The van der Waals surface area contributed by atoms with E-state index in [2.05, 4.69) is 53.3 Å². The summed E-state index contributed by atoms with van der Waals surface area (Å²) in [5.74, 6) is 0.584. The summed E-state index contributed by atoms with van der Waals surface area (Å²) in [4.78, 5) is 16.7. The molecule has 0 aliphatic carbocycles. The molecule has 7 heteroatoms. The summed E-state index contributed by atoms with van der Waals surface area (Å²) < 4.78 is 6.22. The minimum absolute atomic E-state index is 0.00327. The van der Waals surface area contributed by atoms with Gasteiger partial charge in [0.05, 0.1) is 23.8 Å². The number of aromatic amines is 1. The van der Waals surface area contributed by atoms with E-state index in [0.717, 1.165) is 52.0 Å². The Bertz CT molecular complexity index is 1170. The second-order valence-corrected chi connectivity index (χ2v) is 10.5. The van der Waals surface area contributed by atoms with Crippen molar-refractivity contribution in [3.8, 4) is 5.75 Å². The first-order valence-corrected chi connectivity index (χ1v) is 12.9.